The van der Waals surface area contributed by atoms with E-state index in [4.69, 9.17) is 12.2 Å². The van der Waals surface area contributed by atoms with E-state index in [0.717, 1.165) is 13.1 Å². The van der Waals surface area contributed by atoms with Gasteiger partial charge in [0, 0.05) is 32.0 Å². The quantitative estimate of drug-likeness (QED) is 0.442. The van der Waals surface area contributed by atoms with Gasteiger partial charge in [-0.3, -0.25) is 10.4 Å². The molecule has 180 valence electrons. The highest BCUT2D eigenvalue weighted by molar-refractivity contribution is 5.82. The van der Waals surface area contributed by atoms with Crippen LogP contribution in [0.2, 0.25) is 0 Å². The molecule has 11 heteroatoms. The molecular weight excluding hydrogens is 438 g/mol. The van der Waals surface area contributed by atoms with Crippen LogP contribution in [0.15, 0.2) is 28.8 Å². The van der Waals surface area contributed by atoms with Crippen molar-refractivity contribution in [3.63, 3.8) is 0 Å². The summed E-state index contributed by atoms with van der Waals surface area (Å²) in [7, 11) is 0. The molecule has 0 bridgehead atoms. The van der Waals surface area contributed by atoms with Crippen LogP contribution in [0.4, 0.5) is 17.6 Å². The Kier molecular flexibility index (Phi) is 6.68. The average Bonchev–Trinajstić information content (AvgIpc) is 3.44. The van der Waals surface area contributed by atoms with Crippen LogP contribution in [0.25, 0.3) is 0 Å². The first-order valence-electron chi connectivity index (χ1n) is 11.2. The number of nitrogens with zero attached hydrogens (tertiary/aromatic N) is 4. The van der Waals surface area contributed by atoms with Crippen LogP contribution >= 0.6 is 0 Å². The Morgan fingerprint density at radius 2 is 2.06 bits per heavy atom. The van der Waals surface area contributed by atoms with Gasteiger partial charge >= 0.3 is 6.18 Å². The Hall–Kier alpha value is -2.58. The molecule has 1 saturated carbocycles. The van der Waals surface area contributed by atoms with Crippen molar-refractivity contribution >= 4 is 6.21 Å². The number of alkyl halides is 4. The molecule has 4 rings (SSSR count). The number of halogens is 4. The van der Waals surface area contributed by atoms with E-state index in [1.165, 1.54) is 36.6 Å². The molecule has 1 aromatic heterocycles. The van der Waals surface area contributed by atoms with Gasteiger partial charge in [-0.25, -0.2) is 9.38 Å². The highest BCUT2D eigenvalue weighted by Crippen LogP contribution is 2.33. The fourth-order valence-electron chi connectivity index (χ4n) is 4.86. The van der Waals surface area contributed by atoms with Crippen LogP contribution in [-0.2, 0) is 5.79 Å². The van der Waals surface area contributed by atoms with Crippen LogP contribution in [0.1, 0.15) is 43.7 Å². The number of piperidine rings is 1. The molecule has 2 fully saturated rings. The SMILES string of the molecule is C#CCNC1=C(C(F)(F)F)C=NC(N)(c2cnn([C@@H]3CCN(CC4CCCC4)C[C@H]3F)c2)N1. The lowest BCUT2D eigenvalue weighted by atomic mass is 10.0. The normalized spacial score (nSPS) is 29.2. The van der Waals surface area contributed by atoms with E-state index in [2.05, 4.69) is 31.5 Å². The maximum absolute atomic E-state index is 15.0. The van der Waals surface area contributed by atoms with E-state index >= 15 is 4.39 Å². The van der Waals surface area contributed by atoms with Gasteiger partial charge in [0.2, 0.25) is 5.79 Å². The first-order chi connectivity index (χ1) is 15.7. The third kappa shape index (κ3) is 5.17. The molecule has 0 radical (unpaired) electrons. The molecule has 1 saturated heterocycles. The molecule has 1 aliphatic carbocycles. The fourth-order valence-corrected chi connectivity index (χ4v) is 4.86. The molecule has 0 amide bonds. The number of likely N-dealkylation sites (tertiary alicyclic amines) is 1. The van der Waals surface area contributed by atoms with Gasteiger partial charge in [0.05, 0.1) is 24.3 Å². The molecule has 4 N–H and O–H groups in total. The number of nitrogens with two attached hydrogens (primary N) is 1. The summed E-state index contributed by atoms with van der Waals surface area (Å²) in [5.41, 5.74) is 5.59. The van der Waals surface area contributed by atoms with Gasteiger partial charge in [0.25, 0.3) is 0 Å². The van der Waals surface area contributed by atoms with Crippen molar-refractivity contribution in [3.8, 4) is 12.3 Å². The summed E-state index contributed by atoms with van der Waals surface area (Å²) in [5, 5.41) is 9.37. The largest absolute Gasteiger partial charge is 0.421 e. The number of allylic oxidation sites excluding steroid dienone is 1. The molecular formula is C22H29F4N7. The zero-order valence-corrected chi connectivity index (χ0v) is 18.3. The summed E-state index contributed by atoms with van der Waals surface area (Å²) >= 11 is 0. The van der Waals surface area contributed by atoms with E-state index in [1.54, 1.807) is 6.20 Å². The molecule has 1 aromatic rings. The second-order valence-corrected chi connectivity index (χ2v) is 8.98. The maximum atomic E-state index is 15.0. The average molecular weight is 468 g/mol. The molecule has 0 spiro atoms. The van der Waals surface area contributed by atoms with Gasteiger partial charge < -0.3 is 15.5 Å². The van der Waals surface area contributed by atoms with Gasteiger partial charge in [0.15, 0.2) is 0 Å². The summed E-state index contributed by atoms with van der Waals surface area (Å²) in [6.45, 7) is 1.93. The third-order valence-electron chi connectivity index (χ3n) is 6.62. The number of rotatable bonds is 6. The zero-order valence-electron chi connectivity index (χ0n) is 18.3. The van der Waals surface area contributed by atoms with Crippen LogP contribution in [0.3, 0.4) is 0 Å². The predicted octanol–water partition coefficient (Wildman–Crippen LogP) is 2.40. The summed E-state index contributed by atoms with van der Waals surface area (Å²) in [5.74, 6) is 0.827. The van der Waals surface area contributed by atoms with Crippen LogP contribution in [-0.4, -0.2) is 59.4 Å². The number of hydrogen-bond acceptors (Lipinski definition) is 6. The van der Waals surface area contributed by atoms with Gasteiger partial charge in [-0.1, -0.05) is 18.8 Å². The summed E-state index contributed by atoms with van der Waals surface area (Å²) in [6, 6.07) is -0.463. The number of terminal acetylenes is 1. The topological polar surface area (TPSA) is 83.5 Å². The van der Waals surface area contributed by atoms with Gasteiger partial charge in [-0.15, -0.1) is 6.42 Å². The smallest absolute Gasteiger partial charge is 0.360 e. The van der Waals surface area contributed by atoms with Crippen LogP contribution < -0.4 is 16.4 Å². The van der Waals surface area contributed by atoms with Crippen molar-refractivity contribution in [2.24, 2.45) is 16.6 Å². The summed E-state index contributed by atoms with van der Waals surface area (Å²) in [6.07, 6.45) is 8.59. The summed E-state index contributed by atoms with van der Waals surface area (Å²) in [4.78, 5) is 6.09. The van der Waals surface area contributed by atoms with Crippen molar-refractivity contribution in [1.82, 2.24) is 25.3 Å². The van der Waals surface area contributed by atoms with Crippen LogP contribution in [0.5, 0.6) is 0 Å². The Labute approximate surface area is 190 Å². The Bertz CT molecular complexity index is 941. The lowest BCUT2D eigenvalue weighted by Crippen LogP contribution is -2.54. The van der Waals surface area contributed by atoms with Crippen molar-refractivity contribution in [2.75, 3.05) is 26.2 Å². The number of aliphatic imine (C=N–C) groups is 1. The van der Waals surface area contributed by atoms with Crippen LogP contribution in [0, 0.1) is 18.3 Å². The minimum Gasteiger partial charge on any atom is -0.360 e. The molecule has 3 heterocycles. The van der Waals surface area contributed by atoms with E-state index in [1.807, 2.05) is 0 Å². The van der Waals surface area contributed by atoms with Crippen molar-refractivity contribution in [3.05, 3.63) is 29.4 Å². The lowest BCUT2D eigenvalue weighted by molar-refractivity contribution is -0.0876. The predicted molar refractivity (Wildman–Crippen MR) is 117 cm³/mol. The molecule has 3 atom stereocenters. The number of hydrogen-bond donors (Lipinski definition) is 3. The van der Waals surface area contributed by atoms with Crippen molar-refractivity contribution in [2.45, 2.75) is 56.3 Å². The molecule has 3 aliphatic rings. The van der Waals surface area contributed by atoms with Gasteiger partial charge in [0.1, 0.15) is 17.6 Å². The van der Waals surface area contributed by atoms with Crippen molar-refractivity contribution < 1.29 is 17.6 Å². The van der Waals surface area contributed by atoms with E-state index in [9.17, 15) is 13.2 Å². The first-order valence-corrected chi connectivity index (χ1v) is 11.2. The second kappa shape index (κ2) is 9.35. The Morgan fingerprint density at radius 1 is 1.30 bits per heavy atom. The van der Waals surface area contributed by atoms with E-state index in [0.29, 0.717) is 30.7 Å². The molecule has 0 aromatic carbocycles. The van der Waals surface area contributed by atoms with Gasteiger partial charge in [-0.05, 0) is 25.2 Å². The molecule has 33 heavy (non-hydrogen) atoms. The standard InChI is InChI=1S/C22H29F4N7/c1-2-8-28-20-17(21(24,25)26)11-29-22(27,31-20)16-10-30-33(13-16)19-7-9-32(14-18(19)23)12-15-5-3-4-6-15/h1,10-11,13,15,18-19,28,31H,3-9,12,14,27H2/t18-,19-,22?/m1/s1. The monoisotopic (exact) mass is 467 g/mol. The van der Waals surface area contributed by atoms with Crippen molar-refractivity contribution in [1.29, 1.82) is 0 Å². The minimum absolute atomic E-state index is 0.131. The fraction of sp³-hybridized carbons (Fsp3) is 0.636. The highest BCUT2D eigenvalue weighted by Gasteiger charge is 2.42. The van der Waals surface area contributed by atoms with E-state index in [-0.39, 0.29) is 12.4 Å². The lowest BCUT2D eigenvalue weighted by Gasteiger charge is -2.36. The third-order valence-corrected chi connectivity index (χ3v) is 6.62. The maximum Gasteiger partial charge on any atom is 0.421 e. The first kappa shape index (κ1) is 23.6. The number of aromatic nitrogens is 2. The second-order valence-electron chi connectivity index (χ2n) is 8.98. The molecule has 7 nitrogen and oxygen atoms in total. The van der Waals surface area contributed by atoms with E-state index < -0.39 is 29.7 Å². The molecule has 1 unspecified atom stereocenters. The van der Waals surface area contributed by atoms with Gasteiger partial charge in [-0.2, -0.15) is 18.3 Å². The minimum atomic E-state index is -4.65. The molecule has 2 aliphatic heterocycles. The number of nitrogens with one attached hydrogen (secondary N) is 2. The Morgan fingerprint density at radius 3 is 2.73 bits per heavy atom. The zero-order chi connectivity index (χ0) is 23.6. The Balaban J connectivity index is 1.45. The highest BCUT2D eigenvalue weighted by atomic mass is 19.4. The summed E-state index contributed by atoms with van der Waals surface area (Å²) < 4.78 is 56.6.